The zero-order valence-corrected chi connectivity index (χ0v) is 14.3. The van der Waals surface area contributed by atoms with Gasteiger partial charge in [-0.2, -0.15) is 0 Å². The van der Waals surface area contributed by atoms with Gasteiger partial charge in [0.05, 0.1) is 10.3 Å². The summed E-state index contributed by atoms with van der Waals surface area (Å²) in [6.45, 7) is 3.76. The largest absolute Gasteiger partial charge is 0.293 e. The van der Waals surface area contributed by atoms with Crippen molar-refractivity contribution in [2.45, 2.75) is 18.7 Å². The number of allylic oxidation sites excluding steroid dienone is 2. The van der Waals surface area contributed by atoms with E-state index in [1.54, 1.807) is 12.1 Å². The molecular weight excluding hydrogens is 332 g/mol. The van der Waals surface area contributed by atoms with E-state index in [2.05, 4.69) is 0 Å². The summed E-state index contributed by atoms with van der Waals surface area (Å²) in [6.07, 6.45) is 0. The van der Waals surface area contributed by atoms with Gasteiger partial charge in [0.25, 0.3) is 9.05 Å². The van der Waals surface area contributed by atoms with Crippen LogP contribution in [-0.4, -0.2) is 14.2 Å². The van der Waals surface area contributed by atoms with E-state index in [0.29, 0.717) is 5.57 Å². The lowest BCUT2D eigenvalue weighted by Crippen LogP contribution is -2.37. The maximum atomic E-state index is 12.5. The molecule has 0 aliphatic heterocycles. The Kier molecular flexibility index (Phi) is 3.69. The van der Waals surface area contributed by atoms with Crippen molar-refractivity contribution in [3.8, 4) is 0 Å². The number of rotatable bonds is 3. The first-order valence-corrected chi connectivity index (χ1v) is 9.44. The SMILES string of the molecule is CC1(C)C(=O)C(c2ccccc2)=C1c1ccc(S(=O)(=O)Cl)cc1. The monoisotopic (exact) mass is 346 g/mol. The van der Waals surface area contributed by atoms with Crippen LogP contribution in [0.2, 0.25) is 0 Å². The Balaban J connectivity index is 2.15. The highest BCUT2D eigenvalue weighted by atomic mass is 35.7. The molecule has 0 heterocycles. The fourth-order valence-electron chi connectivity index (χ4n) is 2.96. The molecule has 2 aromatic rings. The minimum atomic E-state index is -3.75. The molecule has 3 nitrogen and oxygen atoms in total. The Morgan fingerprint density at radius 2 is 1.43 bits per heavy atom. The summed E-state index contributed by atoms with van der Waals surface area (Å²) in [6, 6.07) is 15.8. The molecule has 0 aromatic heterocycles. The first kappa shape index (κ1) is 16.0. The highest BCUT2D eigenvalue weighted by Crippen LogP contribution is 2.52. The van der Waals surface area contributed by atoms with Crippen LogP contribution >= 0.6 is 10.7 Å². The van der Waals surface area contributed by atoms with E-state index in [1.165, 1.54) is 12.1 Å². The van der Waals surface area contributed by atoms with Crippen LogP contribution in [0.5, 0.6) is 0 Å². The van der Waals surface area contributed by atoms with Crippen molar-refractivity contribution < 1.29 is 13.2 Å². The van der Waals surface area contributed by atoms with Gasteiger partial charge >= 0.3 is 0 Å². The molecule has 5 heteroatoms. The average molecular weight is 347 g/mol. The Labute approximate surface area is 140 Å². The van der Waals surface area contributed by atoms with E-state index in [9.17, 15) is 13.2 Å². The van der Waals surface area contributed by atoms with E-state index in [0.717, 1.165) is 16.7 Å². The van der Waals surface area contributed by atoms with Gasteiger partial charge < -0.3 is 0 Å². The van der Waals surface area contributed by atoms with Gasteiger partial charge in [-0.3, -0.25) is 4.79 Å². The zero-order chi connectivity index (χ0) is 16.8. The summed E-state index contributed by atoms with van der Waals surface area (Å²) in [4.78, 5) is 12.6. The van der Waals surface area contributed by atoms with Gasteiger partial charge in [-0.25, -0.2) is 8.42 Å². The van der Waals surface area contributed by atoms with Gasteiger partial charge in [0.15, 0.2) is 5.78 Å². The van der Waals surface area contributed by atoms with Crippen LogP contribution < -0.4 is 0 Å². The minimum absolute atomic E-state index is 0.0493. The van der Waals surface area contributed by atoms with Crippen LogP contribution in [0.3, 0.4) is 0 Å². The quantitative estimate of drug-likeness (QED) is 0.785. The van der Waals surface area contributed by atoms with Gasteiger partial charge in [0.1, 0.15) is 0 Å². The Morgan fingerprint density at radius 1 is 0.870 bits per heavy atom. The molecule has 3 rings (SSSR count). The third-order valence-electron chi connectivity index (χ3n) is 4.16. The van der Waals surface area contributed by atoms with E-state index in [4.69, 9.17) is 10.7 Å². The molecule has 1 aliphatic carbocycles. The highest BCUT2D eigenvalue weighted by Gasteiger charge is 2.47. The topological polar surface area (TPSA) is 51.2 Å². The summed E-state index contributed by atoms with van der Waals surface area (Å²) in [5.74, 6) is 0.0905. The van der Waals surface area contributed by atoms with Crippen molar-refractivity contribution in [3.05, 3.63) is 65.7 Å². The van der Waals surface area contributed by atoms with Crippen molar-refractivity contribution >= 4 is 36.7 Å². The van der Waals surface area contributed by atoms with Crippen molar-refractivity contribution in [3.63, 3.8) is 0 Å². The second-order valence-electron chi connectivity index (χ2n) is 6.03. The van der Waals surface area contributed by atoms with Crippen LogP contribution in [0.1, 0.15) is 25.0 Å². The molecule has 0 unspecified atom stereocenters. The lowest BCUT2D eigenvalue weighted by atomic mass is 9.61. The molecule has 0 fully saturated rings. The normalized spacial score (nSPS) is 17.1. The van der Waals surface area contributed by atoms with Crippen molar-refractivity contribution in [1.82, 2.24) is 0 Å². The number of benzene rings is 2. The zero-order valence-electron chi connectivity index (χ0n) is 12.7. The van der Waals surface area contributed by atoms with Gasteiger partial charge in [-0.1, -0.05) is 42.5 Å². The molecule has 0 spiro atoms. The summed E-state index contributed by atoms with van der Waals surface area (Å²) < 4.78 is 22.7. The number of Topliss-reactive ketones (excluding diaryl/α,β-unsaturated/α-hetero) is 1. The number of ketones is 1. The summed E-state index contributed by atoms with van der Waals surface area (Å²) in [5.41, 5.74) is 2.73. The van der Waals surface area contributed by atoms with Crippen LogP contribution in [-0.2, 0) is 13.8 Å². The summed E-state index contributed by atoms with van der Waals surface area (Å²) in [7, 11) is 1.60. The van der Waals surface area contributed by atoms with Crippen molar-refractivity contribution in [1.29, 1.82) is 0 Å². The predicted molar refractivity (Wildman–Crippen MR) is 91.5 cm³/mol. The average Bonchev–Trinajstić information content (AvgIpc) is 2.52. The standard InChI is InChI=1S/C18H15ClO3S/c1-18(2)16(13-8-10-14(11-9-13)23(19,21)22)15(17(18)20)12-6-4-3-5-7-12/h3-11H,1-2H3. The first-order chi connectivity index (χ1) is 10.7. The van der Waals surface area contributed by atoms with E-state index in [1.807, 2.05) is 44.2 Å². The van der Waals surface area contributed by atoms with Crippen LogP contribution in [0.15, 0.2) is 59.5 Å². The maximum Gasteiger partial charge on any atom is 0.261 e. The number of hydrogen-bond acceptors (Lipinski definition) is 3. The third-order valence-corrected chi connectivity index (χ3v) is 5.53. The maximum absolute atomic E-state index is 12.5. The molecule has 0 N–H and O–H groups in total. The second kappa shape index (κ2) is 5.32. The smallest absolute Gasteiger partial charge is 0.261 e. The van der Waals surface area contributed by atoms with Crippen LogP contribution in [0, 0.1) is 5.41 Å². The minimum Gasteiger partial charge on any atom is -0.293 e. The Hall–Kier alpha value is -1.91. The Morgan fingerprint density at radius 3 is 1.96 bits per heavy atom. The fraction of sp³-hybridized carbons (Fsp3) is 0.167. The molecule has 0 saturated carbocycles. The van der Waals surface area contributed by atoms with Crippen molar-refractivity contribution in [2.75, 3.05) is 0 Å². The second-order valence-corrected chi connectivity index (χ2v) is 8.60. The summed E-state index contributed by atoms with van der Waals surface area (Å²) in [5, 5.41) is 0. The number of halogens is 1. The molecule has 0 radical (unpaired) electrons. The first-order valence-electron chi connectivity index (χ1n) is 7.13. The third kappa shape index (κ3) is 2.62. The molecular formula is C18H15ClO3S. The van der Waals surface area contributed by atoms with Crippen LogP contribution in [0.25, 0.3) is 11.1 Å². The van der Waals surface area contributed by atoms with Gasteiger partial charge in [0, 0.05) is 16.3 Å². The van der Waals surface area contributed by atoms with Gasteiger partial charge in [-0.05, 0) is 42.7 Å². The van der Waals surface area contributed by atoms with Crippen LogP contribution in [0.4, 0.5) is 0 Å². The van der Waals surface area contributed by atoms with Crippen molar-refractivity contribution in [2.24, 2.45) is 5.41 Å². The molecule has 23 heavy (non-hydrogen) atoms. The van der Waals surface area contributed by atoms with E-state index in [-0.39, 0.29) is 10.7 Å². The van der Waals surface area contributed by atoms with E-state index >= 15 is 0 Å². The number of hydrogen-bond donors (Lipinski definition) is 0. The lowest BCUT2D eigenvalue weighted by Gasteiger charge is -2.39. The molecule has 2 aromatic carbocycles. The Bertz CT molecular complexity index is 908. The van der Waals surface area contributed by atoms with Gasteiger partial charge in [-0.15, -0.1) is 0 Å². The fourth-order valence-corrected chi connectivity index (χ4v) is 3.73. The molecule has 0 saturated heterocycles. The number of carbonyl (C=O) groups is 1. The number of carbonyl (C=O) groups excluding carboxylic acids is 1. The van der Waals surface area contributed by atoms with Gasteiger partial charge in [0.2, 0.25) is 0 Å². The molecule has 118 valence electrons. The predicted octanol–water partition coefficient (Wildman–Crippen LogP) is 4.13. The molecule has 0 atom stereocenters. The lowest BCUT2D eigenvalue weighted by molar-refractivity contribution is -0.120. The summed E-state index contributed by atoms with van der Waals surface area (Å²) >= 11 is 0. The highest BCUT2D eigenvalue weighted by molar-refractivity contribution is 8.13. The molecule has 1 aliphatic rings. The van der Waals surface area contributed by atoms with E-state index < -0.39 is 14.5 Å². The molecule has 0 bridgehead atoms. The molecule has 0 amide bonds.